The van der Waals surface area contributed by atoms with Gasteiger partial charge in [0.25, 0.3) is 0 Å². The van der Waals surface area contributed by atoms with Crippen molar-refractivity contribution < 1.29 is 19.0 Å². The first-order valence-corrected chi connectivity index (χ1v) is 9.48. The van der Waals surface area contributed by atoms with Crippen molar-refractivity contribution in [3.63, 3.8) is 0 Å². The summed E-state index contributed by atoms with van der Waals surface area (Å²) in [6, 6.07) is 5.54. The lowest BCUT2D eigenvalue weighted by molar-refractivity contribution is -0.114. The van der Waals surface area contributed by atoms with Gasteiger partial charge in [0.1, 0.15) is 12.4 Å². The highest BCUT2D eigenvalue weighted by molar-refractivity contribution is 14.0. The van der Waals surface area contributed by atoms with Crippen molar-refractivity contribution in [2.75, 3.05) is 57.8 Å². The van der Waals surface area contributed by atoms with E-state index in [0.717, 1.165) is 13.1 Å². The van der Waals surface area contributed by atoms with Crippen LogP contribution >= 0.6 is 24.0 Å². The molecule has 8 nitrogen and oxygen atoms in total. The number of nitrogens with one attached hydrogen (secondary N) is 3. The second-order valence-electron chi connectivity index (χ2n) is 6.99. The smallest absolute Gasteiger partial charge is 0.246 e. The van der Waals surface area contributed by atoms with Crippen molar-refractivity contribution in [2.24, 2.45) is 4.99 Å². The number of benzene rings is 1. The van der Waals surface area contributed by atoms with Gasteiger partial charge in [0.05, 0.1) is 18.8 Å². The van der Waals surface area contributed by atoms with Gasteiger partial charge in [-0.15, -0.1) is 24.0 Å². The zero-order valence-electron chi connectivity index (χ0n) is 16.9. The van der Waals surface area contributed by atoms with E-state index in [2.05, 4.69) is 25.8 Å². The van der Waals surface area contributed by atoms with Gasteiger partial charge in [-0.25, -0.2) is 9.38 Å². The lowest BCUT2D eigenvalue weighted by atomic mass is 10.1. The van der Waals surface area contributed by atoms with Crippen LogP contribution in [0.15, 0.2) is 29.3 Å². The minimum Gasteiger partial charge on any atom is -0.387 e. The number of guanidine groups is 1. The molecule has 0 bridgehead atoms. The topological polar surface area (TPSA) is 98.2 Å². The fraction of sp³-hybridized carbons (Fsp3) is 0.579. The number of aliphatic hydroxyl groups is 1. The number of rotatable bonds is 8. The predicted molar refractivity (Wildman–Crippen MR) is 122 cm³/mol. The third-order valence-corrected chi connectivity index (χ3v) is 4.16. The molecule has 29 heavy (non-hydrogen) atoms. The summed E-state index contributed by atoms with van der Waals surface area (Å²) in [7, 11) is 0. The Balaban J connectivity index is 0.00000420. The largest absolute Gasteiger partial charge is 0.387 e. The zero-order valence-corrected chi connectivity index (χ0v) is 19.2. The van der Waals surface area contributed by atoms with Gasteiger partial charge in [-0.3, -0.25) is 9.69 Å². The number of hydrogen-bond donors (Lipinski definition) is 4. The predicted octanol–water partition coefficient (Wildman–Crippen LogP) is 1.02. The summed E-state index contributed by atoms with van der Waals surface area (Å²) in [5.41, 5.74) is -0.447. The normalized spacial score (nSPS) is 17.0. The molecule has 2 rings (SSSR count). The van der Waals surface area contributed by atoms with Gasteiger partial charge in [0.15, 0.2) is 5.96 Å². The molecule has 0 radical (unpaired) electrons. The Morgan fingerprint density at radius 2 is 1.93 bits per heavy atom. The number of β-amino-alcohol motifs (C(OH)–C–C–N with tert-alkyl or cyclic N) is 1. The van der Waals surface area contributed by atoms with E-state index in [1.165, 1.54) is 24.3 Å². The van der Waals surface area contributed by atoms with E-state index in [4.69, 9.17) is 4.74 Å². The Morgan fingerprint density at radius 3 is 2.55 bits per heavy atom. The molecule has 1 aliphatic rings. The van der Waals surface area contributed by atoms with Crippen LogP contribution in [0.25, 0.3) is 0 Å². The minimum absolute atomic E-state index is 0. The molecule has 4 N–H and O–H groups in total. The van der Waals surface area contributed by atoms with Gasteiger partial charge in [-0.1, -0.05) is 0 Å². The fourth-order valence-electron chi connectivity index (χ4n) is 2.80. The van der Waals surface area contributed by atoms with E-state index >= 15 is 0 Å². The molecule has 1 atom stereocenters. The molecule has 164 valence electrons. The Labute approximate surface area is 188 Å². The molecule has 1 fully saturated rings. The van der Waals surface area contributed by atoms with Crippen LogP contribution in [0.3, 0.4) is 0 Å². The van der Waals surface area contributed by atoms with Crippen LogP contribution in [0, 0.1) is 5.82 Å². The number of ether oxygens (including phenoxy) is 1. The monoisotopic (exact) mass is 523 g/mol. The van der Waals surface area contributed by atoms with Crippen molar-refractivity contribution >= 4 is 41.5 Å². The van der Waals surface area contributed by atoms with E-state index in [9.17, 15) is 14.3 Å². The maximum absolute atomic E-state index is 12.9. The third kappa shape index (κ3) is 10.2. The quantitative estimate of drug-likeness (QED) is 0.231. The number of halogens is 2. The van der Waals surface area contributed by atoms with E-state index in [0.29, 0.717) is 38.0 Å². The highest BCUT2D eigenvalue weighted by Crippen LogP contribution is 2.08. The molecular weight excluding hydrogens is 492 g/mol. The number of carbonyl (C=O) groups excluding carboxylic acids is 1. The molecule has 1 saturated heterocycles. The average Bonchev–Trinajstić information content (AvgIpc) is 2.66. The second-order valence-corrected chi connectivity index (χ2v) is 6.99. The highest BCUT2D eigenvalue weighted by Gasteiger charge is 2.25. The van der Waals surface area contributed by atoms with Crippen molar-refractivity contribution in [3.05, 3.63) is 30.1 Å². The number of nitrogens with zero attached hydrogens (tertiary/aromatic N) is 2. The third-order valence-electron chi connectivity index (χ3n) is 4.16. The Hall–Kier alpha value is -1.50. The van der Waals surface area contributed by atoms with Crippen LogP contribution in [0.2, 0.25) is 0 Å². The number of anilines is 1. The van der Waals surface area contributed by atoms with Crippen LogP contribution in [-0.2, 0) is 9.53 Å². The van der Waals surface area contributed by atoms with Crippen LogP contribution in [0.1, 0.15) is 13.8 Å². The summed E-state index contributed by atoms with van der Waals surface area (Å²) >= 11 is 0. The molecule has 1 unspecified atom stereocenters. The number of carbonyl (C=O) groups is 1. The SMILES string of the molecule is CCNC(=NCC(=O)Nc1ccc(F)cc1)NCC(C)(O)CN1CCOCC1.I. The summed E-state index contributed by atoms with van der Waals surface area (Å²) in [4.78, 5) is 18.4. The molecule has 0 saturated carbocycles. The molecule has 10 heteroatoms. The van der Waals surface area contributed by atoms with Crippen molar-refractivity contribution in [1.29, 1.82) is 0 Å². The molecule has 1 amide bonds. The summed E-state index contributed by atoms with van der Waals surface area (Å²) < 4.78 is 18.2. The fourth-order valence-corrected chi connectivity index (χ4v) is 2.80. The van der Waals surface area contributed by atoms with Crippen LogP contribution in [0.4, 0.5) is 10.1 Å². The van der Waals surface area contributed by atoms with Gasteiger partial charge in [0.2, 0.25) is 5.91 Å². The number of amides is 1. The Bertz CT molecular complexity index is 652. The Morgan fingerprint density at radius 1 is 1.28 bits per heavy atom. The van der Waals surface area contributed by atoms with Crippen molar-refractivity contribution in [2.45, 2.75) is 19.4 Å². The van der Waals surface area contributed by atoms with E-state index in [1.807, 2.05) is 6.92 Å². The maximum Gasteiger partial charge on any atom is 0.246 e. The van der Waals surface area contributed by atoms with Crippen LogP contribution < -0.4 is 16.0 Å². The molecule has 0 aromatic heterocycles. The first-order valence-electron chi connectivity index (χ1n) is 9.48. The van der Waals surface area contributed by atoms with Gasteiger partial charge in [-0.2, -0.15) is 0 Å². The molecule has 1 aliphatic heterocycles. The standard InChI is InChI=1S/C19H30FN5O3.HI/c1-3-21-18(22-12-17(26)24-16-6-4-15(20)5-7-16)23-13-19(2,27)14-25-8-10-28-11-9-25;/h4-7,27H,3,8-14H2,1-2H3,(H,24,26)(H2,21,22,23);1H. The van der Waals surface area contributed by atoms with Crippen molar-refractivity contribution in [1.82, 2.24) is 15.5 Å². The summed E-state index contributed by atoms with van der Waals surface area (Å²) in [5, 5.41) is 19.4. The maximum atomic E-state index is 12.9. The summed E-state index contributed by atoms with van der Waals surface area (Å²) in [5.74, 6) is -0.235. The molecule has 1 aromatic carbocycles. The molecule has 0 spiro atoms. The average molecular weight is 523 g/mol. The Kier molecular flexibility index (Phi) is 11.4. The van der Waals surface area contributed by atoms with Crippen molar-refractivity contribution in [3.8, 4) is 0 Å². The number of aliphatic imine (C=N–C) groups is 1. The van der Waals surface area contributed by atoms with Gasteiger partial charge in [0, 0.05) is 38.4 Å². The van der Waals surface area contributed by atoms with Gasteiger partial charge < -0.3 is 25.8 Å². The first-order chi connectivity index (χ1) is 13.4. The first kappa shape index (κ1) is 25.5. The minimum atomic E-state index is -0.954. The number of hydrogen-bond acceptors (Lipinski definition) is 5. The summed E-state index contributed by atoms with van der Waals surface area (Å²) in [6.45, 7) is 7.97. The van der Waals surface area contributed by atoms with Crippen LogP contribution in [0.5, 0.6) is 0 Å². The number of morpholine rings is 1. The second kappa shape index (κ2) is 12.9. The summed E-state index contributed by atoms with van der Waals surface area (Å²) in [6.07, 6.45) is 0. The lowest BCUT2D eigenvalue weighted by Gasteiger charge is -2.34. The van der Waals surface area contributed by atoms with E-state index in [-0.39, 0.29) is 48.8 Å². The van der Waals surface area contributed by atoms with Gasteiger partial charge >= 0.3 is 0 Å². The van der Waals surface area contributed by atoms with E-state index < -0.39 is 5.60 Å². The van der Waals surface area contributed by atoms with Crippen LogP contribution in [-0.4, -0.2) is 80.0 Å². The molecule has 1 aromatic rings. The lowest BCUT2D eigenvalue weighted by Crippen LogP contribution is -2.53. The molecular formula is C19H31FIN5O3. The highest BCUT2D eigenvalue weighted by atomic mass is 127. The van der Waals surface area contributed by atoms with Gasteiger partial charge in [-0.05, 0) is 38.1 Å². The molecule has 1 heterocycles. The molecule has 0 aliphatic carbocycles. The zero-order chi connectivity index (χ0) is 20.4. The van der Waals surface area contributed by atoms with E-state index in [1.54, 1.807) is 6.92 Å².